The molecule has 0 aliphatic carbocycles. The van der Waals surface area contributed by atoms with Crippen LogP contribution in [0.25, 0.3) is 0 Å². The zero-order chi connectivity index (χ0) is 16.0. The number of hydrogen-bond donors (Lipinski definition) is 1. The Bertz CT molecular complexity index is 536. The Balaban J connectivity index is 2.51. The number of hydrogen-bond acceptors (Lipinski definition) is 4. The first-order valence-electron chi connectivity index (χ1n) is 6.26. The van der Waals surface area contributed by atoms with Crippen LogP contribution in [0.15, 0.2) is 6.20 Å². The third kappa shape index (κ3) is 5.69. The van der Waals surface area contributed by atoms with Gasteiger partial charge in [0.2, 0.25) is 0 Å². The van der Waals surface area contributed by atoms with Crippen LogP contribution in [0, 0.1) is 5.92 Å². The molecule has 0 atom stereocenters. The first kappa shape index (κ1) is 18.0. The summed E-state index contributed by atoms with van der Waals surface area (Å²) >= 11 is 17.3. The van der Waals surface area contributed by atoms with Gasteiger partial charge in [-0.3, -0.25) is 4.79 Å². The summed E-state index contributed by atoms with van der Waals surface area (Å²) in [5.74, 6) is -0.746. The zero-order valence-corrected chi connectivity index (χ0v) is 13.8. The zero-order valence-electron chi connectivity index (χ0n) is 11.6. The number of halogens is 3. The van der Waals surface area contributed by atoms with Crippen molar-refractivity contribution in [2.75, 3.05) is 13.2 Å². The van der Waals surface area contributed by atoms with Gasteiger partial charge in [-0.25, -0.2) is 9.78 Å². The van der Waals surface area contributed by atoms with Crippen LogP contribution in [0.5, 0.6) is 0 Å². The first-order chi connectivity index (χ1) is 9.82. The van der Waals surface area contributed by atoms with Crippen molar-refractivity contribution in [3.05, 3.63) is 27.0 Å². The molecule has 0 aliphatic rings. The minimum absolute atomic E-state index is 0.0154. The highest BCUT2D eigenvalue weighted by molar-refractivity contribution is 6.48. The van der Waals surface area contributed by atoms with Gasteiger partial charge in [0.1, 0.15) is 0 Å². The average Bonchev–Trinajstić information content (AvgIpc) is 2.42. The number of rotatable bonds is 6. The van der Waals surface area contributed by atoms with Crippen LogP contribution in [0.3, 0.4) is 0 Å². The lowest BCUT2D eigenvalue weighted by atomic mass is 10.1. The van der Waals surface area contributed by atoms with E-state index in [1.807, 2.05) is 13.8 Å². The summed E-state index contributed by atoms with van der Waals surface area (Å²) in [4.78, 5) is 27.0. The molecular weight excluding hydrogens is 339 g/mol. The third-order valence-corrected chi connectivity index (χ3v) is 3.73. The average molecular weight is 354 g/mol. The molecule has 1 aromatic heterocycles. The summed E-state index contributed by atoms with van der Waals surface area (Å²) in [6.07, 6.45) is 2.04. The number of esters is 1. The summed E-state index contributed by atoms with van der Waals surface area (Å²) in [6, 6.07) is 0. The fourth-order valence-electron chi connectivity index (χ4n) is 1.34. The van der Waals surface area contributed by atoms with Crippen molar-refractivity contribution >= 4 is 46.7 Å². The maximum absolute atomic E-state index is 11.8. The maximum atomic E-state index is 11.8. The molecule has 0 saturated heterocycles. The summed E-state index contributed by atoms with van der Waals surface area (Å²) in [6.45, 7) is 4.21. The number of nitrogens with zero attached hydrogens (tertiary/aromatic N) is 1. The molecule has 0 spiro atoms. The van der Waals surface area contributed by atoms with E-state index in [0.29, 0.717) is 12.5 Å². The molecule has 0 unspecified atom stereocenters. The maximum Gasteiger partial charge on any atom is 0.359 e. The molecule has 116 valence electrons. The molecule has 5 nitrogen and oxygen atoms in total. The molecule has 0 saturated carbocycles. The number of carbonyl (C=O) groups excluding carboxylic acids is 2. The molecule has 21 heavy (non-hydrogen) atoms. The Labute approximate surface area is 137 Å². The van der Waals surface area contributed by atoms with Crippen LogP contribution >= 0.6 is 34.8 Å². The number of aromatic nitrogens is 1. The molecule has 1 aromatic rings. The highest BCUT2D eigenvalue weighted by Gasteiger charge is 2.19. The Kier molecular flexibility index (Phi) is 7.22. The molecule has 8 heteroatoms. The second-order valence-corrected chi connectivity index (χ2v) is 5.85. The Hall–Kier alpha value is -1.04. The van der Waals surface area contributed by atoms with Crippen molar-refractivity contribution in [2.24, 2.45) is 5.92 Å². The second kappa shape index (κ2) is 8.41. The van der Waals surface area contributed by atoms with Crippen molar-refractivity contribution < 1.29 is 14.3 Å². The predicted molar refractivity (Wildman–Crippen MR) is 82.0 cm³/mol. The van der Waals surface area contributed by atoms with Crippen molar-refractivity contribution in [1.82, 2.24) is 10.3 Å². The van der Waals surface area contributed by atoms with E-state index in [2.05, 4.69) is 10.3 Å². The van der Waals surface area contributed by atoms with Crippen LogP contribution < -0.4 is 5.32 Å². The largest absolute Gasteiger partial charge is 0.451 e. The fraction of sp³-hybridized carbons (Fsp3) is 0.462. The van der Waals surface area contributed by atoms with Crippen LogP contribution in [-0.4, -0.2) is 30.0 Å². The van der Waals surface area contributed by atoms with E-state index in [4.69, 9.17) is 39.5 Å². The van der Waals surface area contributed by atoms with Gasteiger partial charge in [-0.2, -0.15) is 0 Å². The Morgan fingerprint density at radius 1 is 1.29 bits per heavy atom. The van der Waals surface area contributed by atoms with E-state index in [9.17, 15) is 9.59 Å². The second-order valence-electron chi connectivity index (χ2n) is 4.69. The number of ether oxygens (including phenoxy) is 1. The normalized spacial score (nSPS) is 10.6. The smallest absolute Gasteiger partial charge is 0.359 e. The molecule has 0 fully saturated rings. The van der Waals surface area contributed by atoms with Crippen LogP contribution in [0.2, 0.25) is 15.1 Å². The topological polar surface area (TPSA) is 68.3 Å². The van der Waals surface area contributed by atoms with Crippen LogP contribution in [0.4, 0.5) is 0 Å². The van der Waals surface area contributed by atoms with E-state index in [-0.39, 0.29) is 26.7 Å². The monoisotopic (exact) mass is 352 g/mol. The lowest BCUT2D eigenvalue weighted by Crippen LogP contribution is -2.30. The SMILES string of the molecule is CC(C)CCNC(=O)COC(=O)c1ncc(Cl)c(Cl)c1Cl. The van der Waals surface area contributed by atoms with E-state index in [0.717, 1.165) is 6.42 Å². The van der Waals surface area contributed by atoms with Gasteiger partial charge in [-0.15, -0.1) is 0 Å². The van der Waals surface area contributed by atoms with Gasteiger partial charge in [-0.05, 0) is 12.3 Å². The van der Waals surface area contributed by atoms with E-state index >= 15 is 0 Å². The van der Waals surface area contributed by atoms with E-state index < -0.39 is 12.6 Å². The molecule has 1 N–H and O–H groups in total. The molecule has 0 aromatic carbocycles. The van der Waals surface area contributed by atoms with Crippen molar-refractivity contribution in [2.45, 2.75) is 20.3 Å². The van der Waals surface area contributed by atoms with Gasteiger partial charge < -0.3 is 10.1 Å². The Morgan fingerprint density at radius 2 is 1.95 bits per heavy atom. The van der Waals surface area contributed by atoms with Gasteiger partial charge in [0.05, 0.1) is 15.1 Å². The Morgan fingerprint density at radius 3 is 2.57 bits per heavy atom. The predicted octanol–water partition coefficient (Wildman–Crippen LogP) is 3.36. The molecule has 0 aliphatic heterocycles. The van der Waals surface area contributed by atoms with Gasteiger partial charge >= 0.3 is 5.97 Å². The lowest BCUT2D eigenvalue weighted by Gasteiger charge is -2.09. The minimum atomic E-state index is -0.836. The standard InChI is InChI=1S/C13H15Cl3N2O3/c1-7(2)3-4-17-9(19)6-21-13(20)12-11(16)10(15)8(14)5-18-12/h5,7H,3-4,6H2,1-2H3,(H,17,19). The molecule has 1 amide bonds. The van der Waals surface area contributed by atoms with Gasteiger partial charge in [-0.1, -0.05) is 48.7 Å². The summed E-state index contributed by atoms with van der Waals surface area (Å²) < 4.78 is 4.82. The van der Waals surface area contributed by atoms with Crippen LogP contribution in [0.1, 0.15) is 30.8 Å². The molecule has 0 radical (unpaired) electrons. The first-order valence-corrected chi connectivity index (χ1v) is 7.39. The van der Waals surface area contributed by atoms with Crippen LogP contribution in [-0.2, 0) is 9.53 Å². The summed E-state index contributed by atoms with van der Waals surface area (Å²) in [5, 5.41) is 2.68. The molecule has 1 rings (SSSR count). The van der Waals surface area contributed by atoms with Gasteiger partial charge in [0, 0.05) is 12.7 Å². The molecule has 0 bridgehead atoms. The van der Waals surface area contributed by atoms with E-state index in [1.54, 1.807) is 0 Å². The van der Waals surface area contributed by atoms with Gasteiger partial charge in [0.25, 0.3) is 5.91 Å². The minimum Gasteiger partial charge on any atom is -0.451 e. The summed E-state index contributed by atoms with van der Waals surface area (Å²) in [5.41, 5.74) is -0.180. The number of nitrogens with one attached hydrogen (secondary N) is 1. The highest BCUT2D eigenvalue weighted by atomic mass is 35.5. The highest BCUT2D eigenvalue weighted by Crippen LogP contribution is 2.31. The number of carbonyl (C=O) groups is 2. The van der Waals surface area contributed by atoms with Crippen molar-refractivity contribution in [3.8, 4) is 0 Å². The number of amides is 1. The fourth-order valence-corrected chi connectivity index (χ4v) is 1.89. The van der Waals surface area contributed by atoms with E-state index in [1.165, 1.54) is 6.20 Å². The number of pyridine rings is 1. The quantitative estimate of drug-likeness (QED) is 0.796. The van der Waals surface area contributed by atoms with Crippen molar-refractivity contribution in [1.29, 1.82) is 0 Å². The van der Waals surface area contributed by atoms with Crippen molar-refractivity contribution in [3.63, 3.8) is 0 Å². The third-order valence-electron chi connectivity index (χ3n) is 2.49. The summed E-state index contributed by atoms with van der Waals surface area (Å²) in [7, 11) is 0. The lowest BCUT2D eigenvalue weighted by molar-refractivity contribution is -0.124. The van der Waals surface area contributed by atoms with Gasteiger partial charge in [0.15, 0.2) is 12.3 Å². The molecular formula is C13H15Cl3N2O3. The molecule has 1 heterocycles.